The van der Waals surface area contributed by atoms with Gasteiger partial charge in [-0.1, -0.05) is 0 Å². The zero-order chi connectivity index (χ0) is 23.1. The van der Waals surface area contributed by atoms with Gasteiger partial charge in [0.05, 0.1) is 10.3 Å². The van der Waals surface area contributed by atoms with Crippen LogP contribution >= 0.6 is 11.3 Å². The lowest BCUT2D eigenvalue weighted by molar-refractivity contribution is 0.186. The highest BCUT2D eigenvalue weighted by Gasteiger charge is 2.25. The Balaban J connectivity index is 1.59. The minimum absolute atomic E-state index is 0.282. The third-order valence-electron chi connectivity index (χ3n) is 6.63. The maximum absolute atomic E-state index is 9.50. The third kappa shape index (κ3) is 4.15. The maximum atomic E-state index is 9.50. The predicted molar refractivity (Wildman–Crippen MR) is 132 cm³/mol. The highest BCUT2D eigenvalue weighted by molar-refractivity contribution is 7.22. The van der Waals surface area contributed by atoms with Gasteiger partial charge in [-0.05, 0) is 64.0 Å². The van der Waals surface area contributed by atoms with E-state index in [9.17, 15) is 5.11 Å². The zero-order valence-corrected chi connectivity index (χ0v) is 20.4. The summed E-state index contributed by atoms with van der Waals surface area (Å²) in [5.74, 6) is 2.67. The van der Waals surface area contributed by atoms with Crippen LogP contribution < -0.4 is 5.32 Å². The summed E-state index contributed by atoms with van der Waals surface area (Å²) in [6.07, 6.45) is 9.86. The molecule has 1 saturated carbocycles. The van der Waals surface area contributed by atoms with Gasteiger partial charge in [-0.2, -0.15) is 5.10 Å². The summed E-state index contributed by atoms with van der Waals surface area (Å²) in [6, 6.07) is 2.73. The summed E-state index contributed by atoms with van der Waals surface area (Å²) in [5, 5.41) is 19.1. The molecule has 0 bridgehead atoms. The van der Waals surface area contributed by atoms with Crippen LogP contribution in [0.5, 0.6) is 0 Å². The maximum Gasteiger partial charge on any atom is 0.199 e. The number of rotatable bonds is 6. The van der Waals surface area contributed by atoms with Crippen LogP contribution in [0.2, 0.25) is 0 Å². The van der Waals surface area contributed by atoms with Gasteiger partial charge in [0.1, 0.15) is 16.3 Å². The Morgan fingerprint density at radius 2 is 1.97 bits per heavy atom. The third-order valence-corrected chi connectivity index (χ3v) is 7.84. The number of hydrogen-bond acceptors (Lipinski definition) is 7. The molecule has 0 spiro atoms. The van der Waals surface area contributed by atoms with Gasteiger partial charge < -0.3 is 15.0 Å². The average Bonchev–Trinajstić information content (AvgIpc) is 3.53. The number of anilines is 1. The number of aliphatic hydroxyl groups is 1. The molecule has 5 rings (SSSR count). The molecule has 9 heteroatoms. The fourth-order valence-electron chi connectivity index (χ4n) is 4.60. The Morgan fingerprint density at radius 3 is 2.61 bits per heavy atom. The molecule has 33 heavy (non-hydrogen) atoms. The van der Waals surface area contributed by atoms with Crippen molar-refractivity contribution in [1.82, 2.24) is 29.3 Å². The Kier molecular flexibility index (Phi) is 5.92. The topological polar surface area (TPSA) is 93.7 Å². The molecule has 1 fully saturated rings. The Hall–Kier alpha value is -2.78. The smallest absolute Gasteiger partial charge is 0.199 e. The summed E-state index contributed by atoms with van der Waals surface area (Å²) >= 11 is 1.66. The largest absolute Gasteiger partial charge is 0.396 e. The molecule has 0 radical (unpaired) electrons. The molecule has 1 aliphatic rings. The standard InChI is InChI=1S/C24H31N7OS/c1-14(2)31-11-9-18(29-31)20-15(3)19-21(26-17-7-5-16(13-32)6-8-17)27-22(28-24(19)33-20)23-25-10-12-30(23)4/h9-12,14,16-17,32H,5-8,13H2,1-4H3,(H,26,27,28)/t16-,17+. The van der Waals surface area contributed by atoms with Crippen LogP contribution in [0.15, 0.2) is 24.7 Å². The number of aromatic nitrogens is 6. The summed E-state index contributed by atoms with van der Waals surface area (Å²) in [7, 11) is 1.96. The molecule has 0 saturated heterocycles. The molecule has 4 aromatic rings. The second-order valence-corrected chi connectivity index (χ2v) is 10.3. The second-order valence-electron chi connectivity index (χ2n) is 9.31. The van der Waals surface area contributed by atoms with E-state index in [1.807, 2.05) is 28.7 Å². The van der Waals surface area contributed by atoms with E-state index in [4.69, 9.17) is 15.1 Å². The van der Waals surface area contributed by atoms with Crippen LogP contribution in [-0.2, 0) is 7.05 Å². The van der Waals surface area contributed by atoms with E-state index in [1.165, 1.54) is 0 Å². The van der Waals surface area contributed by atoms with Crippen LogP contribution in [0.25, 0.3) is 32.4 Å². The van der Waals surface area contributed by atoms with Gasteiger partial charge in [0.15, 0.2) is 11.6 Å². The number of aryl methyl sites for hydroxylation is 2. The first-order chi connectivity index (χ1) is 15.9. The summed E-state index contributed by atoms with van der Waals surface area (Å²) in [6.45, 7) is 6.68. The molecule has 0 unspecified atom stereocenters. The summed E-state index contributed by atoms with van der Waals surface area (Å²) in [4.78, 5) is 16.4. The van der Waals surface area contributed by atoms with E-state index >= 15 is 0 Å². The van der Waals surface area contributed by atoms with Crippen LogP contribution in [0.4, 0.5) is 5.82 Å². The van der Waals surface area contributed by atoms with Crippen LogP contribution in [-0.4, -0.2) is 47.1 Å². The number of nitrogens with zero attached hydrogens (tertiary/aromatic N) is 6. The van der Waals surface area contributed by atoms with Crippen molar-refractivity contribution < 1.29 is 5.11 Å². The van der Waals surface area contributed by atoms with Gasteiger partial charge >= 0.3 is 0 Å². The number of aliphatic hydroxyl groups excluding tert-OH is 1. The minimum Gasteiger partial charge on any atom is -0.396 e. The van der Waals surface area contributed by atoms with Crippen molar-refractivity contribution in [2.24, 2.45) is 13.0 Å². The quantitative estimate of drug-likeness (QED) is 0.425. The highest BCUT2D eigenvalue weighted by atomic mass is 32.1. The fraction of sp³-hybridized carbons (Fsp3) is 0.500. The molecule has 4 heterocycles. The molecule has 4 aromatic heterocycles. The lowest BCUT2D eigenvalue weighted by atomic mass is 9.86. The number of imidazole rings is 1. The van der Waals surface area contributed by atoms with Crippen molar-refractivity contribution in [2.75, 3.05) is 11.9 Å². The van der Waals surface area contributed by atoms with Crippen LogP contribution in [0.1, 0.15) is 51.1 Å². The van der Waals surface area contributed by atoms with Gasteiger partial charge in [-0.15, -0.1) is 11.3 Å². The zero-order valence-electron chi connectivity index (χ0n) is 19.6. The average molecular weight is 466 g/mol. The molecule has 8 nitrogen and oxygen atoms in total. The fourth-order valence-corrected chi connectivity index (χ4v) is 5.74. The Bertz CT molecular complexity index is 1260. The first-order valence-electron chi connectivity index (χ1n) is 11.7. The van der Waals surface area contributed by atoms with Crippen molar-refractivity contribution in [2.45, 2.75) is 58.5 Å². The normalized spacial score (nSPS) is 19.0. The van der Waals surface area contributed by atoms with E-state index in [0.717, 1.165) is 63.7 Å². The predicted octanol–water partition coefficient (Wildman–Crippen LogP) is 4.81. The molecule has 0 aromatic carbocycles. The lowest BCUT2D eigenvalue weighted by Crippen LogP contribution is -2.28. The number of fused-ring (bicyclic) bond motifs is 1. The van der Waals surface area contributed by atoms with Gasteiger partial charge in [0.25, 0.3) is 0 Å². The van der Waals surface area contributed by atoms with Crippen LogP contribution in [0.3, 0.4) is 0 Å². The van der Waals surface area contributed by atoms with Crippen molar-refractivity contribution in [3.63, 3.8) is 0 Å². The van der Waals surface area contributed by atoms with Gasteiger partial charge in [0.2, 0.25) is 0 Å². The minimum atomic E-state index is 0.282. The van der Waals surface area contributed by atoms with E-state index in [-0.39, 0.29) is 6.61 Å². The van der Waals surface area contributed by atoms with Crippen molar-refractivity contribution >= 4 is 27.4 Å². The van der Waals surface area contributed by atoms with Crippen molar-refractivity contribution in [3.05, 3.63) is 30.2 Å². The van der Waals surface area contributed by atoms with E-state index in [2.05, 4.69) is 37.1 Å². The highest BCUT2D eigenvalue weighted by Crippen LogP contribution is 2.41. The van der Waals surface area contributed by atoms with Crippen molar-refractivity contribution in [1.29, 1.82) is 0 Å². The Labute approximate surface area is 197 Å². The molecule has 0 atom stereocenters. The molecular formula is C24H31N7OS. The molecule has 0 aliphatic heterocycles. The second kappa shape index (κ2) is 8.87. The lowest BCUT2D eigenvalue weighted by Gasteiger charge is -2.28. The Morgan fingerprint density at radius 1 is 1.18 bits per heavy atom. The molecule has 2 N–H and O–H groups in total. The molecule has 1 aliphatic carbocycles. The van der Waals surface area contributed by atoms with Crippen molar-refractivity contribution in [3.8, 4) is 22.2 Å². The SMILES string of the molecule is Cc1c(-c2ccn(C(C)C)n2)sc2nc(-c3nccn3C)nc(N[C@H]3CC[C@@H](CO)CC3)c12. The van der Waals surface area contributed by atoms with E-state index < -0.39 is 0 Å². The van der Waals surface area contributed by atoms with E-state index in [1.54, 1.807) is 17.5 Å². The number of nitrogens with one attached hydrogen (secondary N) is 1. The molecule has 0 amide bonds. The first-order valence-corrected chi connectivity index (χ1v) is 12.5. The van der Waals surface area contributed by atoms with Gasteiger partial charge in [-0.3, -0.25) is 4.68 Å². The summed E-state index contributed by atoms with van der Waals surface area (Å²) < 4.78 is 3.94. The van der Waals surface area contributed by atoms with Gasteiger partial charge in [-0.25, -0.2) is 15.0 Å². The van der Waals surface area contributed by atoms with E-state index in [0.29, 0.717) is 23.8 Å². The monoisotopic (exact) mass is 465 g/mol. The summed E-state index contributed by atoms with van der Waals surface area (Å²) in [5.41, 5.74) is 2.12. The van der Waals surface area contributed by atoms with Gasteiger partial charge in [0, 0.05) is 44.3 Å². The number of hydrogen-bond donors (Lipinski definition) is 2. The molecule has 174 valence electrons. The number of thiophene rings is 1. The van der Waals surface area contributed by atoms with Crippen LogP contribution in [0, 0.1) is 12.8 Å². The molecular weight excluding hydrogens is 434 g/mol. The first kappa shape index (κ1) is 22.0.